The lowest BCUT2D eigenvalue weighted by atomic mass is 9.88. The van der Waals surface area contributed by atoms with E-state index in [0.717, 1.165) is 12.8 Å². The predicted molar refractivity (Wildman–Crippen MR) is 242 cm³/mol. The molecule has 2 unspecified atom stereocenters. The van der Waals surface area contributed by atoms with E-state index in [-0.39, 0.29) is 0 Å². The van der Waals surface area contributed by atoms with Gasteiger partial charge in [0.1, 0.15) is 12.4 Å². The van der Waals surface area contributed by atoms with Crippen LogP contribution in [0.1, 0.15) is 242 Å². The summed E-state index contributed by atoms with van der Waals surface area (Å²) in [6.45, 7) is 8.28. The Balaban J connectivity index is 1.44. The highest BCUT2D eigenvalue weighted by molar-refractivity contribution is 5.24. The van der Waals surface area contributed by atoms with Crippen LogP contribution < -0.4 is 4.57 Å². The molecule has 0 N–H and O–H groups in total. The molecule has 55 heavy (non-hydrogen) atoms. The maximum Gasteiger partial charge on any atom is 0.256 e. The SMILES string of the molecule is CCCCCCCCCCCCCCCCCC[n+]1ccn(C(C)CCCCCCCCCCCCCC)c1CCC(Cc1ccccc1)c1ccccc1. The predicted octanol–water partition coefficient (Wildman–Crippen LogP) is 16.6. The van der Waals surface area contributed by atoms with Crippen LogP contribution in [0.4, 0.5) is 0 Å². The van der Waals surface area contributed by atoms with Crippen LogP contribution in [-0.2, 0) is 19.4 Å². The molecule has 0 aliphatic heterocycles. The Morgan fingerprint density at radius 2 is 0.891 bits per heavy atom. The molecule has 0 aliphatic rings. The number of rotatable bonds is 37. The summed E-state index contributed by atoms with van der Waals surface area (Å²) >= 11 is 0. The summed E-state index contributed by atoms with van der Waals surface area (Å²) in [5.41, 5.74) is 2.94. The molecule has 1 aromatic heterocycles. The average molecular weight is 754 g/mol. The first kappa shape index (κ1) is 47.0. The summed E-state index contributed by atoms with van der Waals surface area (Å²) in [7, 11) is 0. The Hall–Kier alpha value is -2.35. The van der Waals surface area contributed by atoms with Crippen molar-refractivity contribution in [2.45, 2.75) is 245 Å². The molecule has 0 spiro atoms. The number of imidazole rings is 1. The van der Waals surface area contributed by atoms with Gasteiger partial charge in [0.2, 0.25) is 0 Å². The van der Waals surface area contributed by atoms with E-state index in [1.165, 1.54) is 210 Å². The summed E-state index contributed by atoms with van der Waals surface area (Å²) in [6, 6.07) is 23.1. The molecule has 0 saturated carbocycles. The van der Waals surface area contributed by atoms with E-state index in [4.69, 9.17) is 0 Å². The van der Waals surface area contributed by atoms with Gasteiger partial charge >= 0.3 is 0 Å². The van der Waals surface area contributed by atoms with E-state index < -0.39 is 0 Å². The van der Waals surface area contributed by atoms with Crippen molar-refractivity contribution in [3.63, 3.8) is 0 Å². The summed E-state index contributed by atoms with van der Waals surface area (Å²) in [5, 5.41) is 0. The third-order valence-corrected chi connectivity index (χ3v) is 12.6. The molecule has 2 heteroatoms. The van der Waals surface area contributed by atoms with Gasteiger partial charge in [-0.05, 0) is 62.5 Å². The molecule has 0 fully saturated rings. The second-order valence-corrected chi connectivity index (χ2v) is 17.5. The molecule has 0 amide bonds. The smallest absolute Gasteiger partial charge is 0.234 e. The Morgan fingerprint density at radius 3 is 1.36 bits per heavy atom. The third-order valence-electron chi connectivity index (χ3n) is 12.6. The first-order valence-electron chi connectivity index (χ1n) is 24.4. The van der Waals surface area contributed by atoms with Gasteiger partial charge in [-0.25, -0.2) is 9.13 Å². The van der Waals surface area contributed by atoms with Crippen LogP contribution in [0, 0.1) is 0 Å². The van der Waals surface area contributed by atoms with Gasteiger partial charge < -0.3 is 0 Å². The van der Waals surface area contributed by atoms with Crippen molar-refractivity contribution in [1.82, 2.24) is 4.57 Å². The Labute approximate surface area is 342 Å². The number of aromatic nitrogens is 2. The number of nitrogens with zero attached hydrogens (tertiary/aromatic N) is 2. The fourth-order valence-corrected chi connectivity index (χ4v) is 8.91. The second kappa shape index (κ2) is 32.7. The molecule has 0 aliphatic carbocycles. The number of hydrogen-bond donors (Lipinski definition) is 0. The lowest BCUT2D eigenvalue weighted by Gasteiger charge is -2.18. The van der Waals surface area contributed by atoms with Crippen molar-refractivity contribution in [2.24, 2.45) is 0 Å². The normalized spacial score (nSPS) is 12.7. The number of benzene rings is 2. The van der Waals surface area contributed by atoms with Crippen LogP contribution in [0.15, 0.2) is 73.1 Å². The van der Waals surface area contributed by atoms with Crippen molar-refractivity contribution in [3.05, 3.63) is 90.0 Å². The molecule has 3 aromatic rings. The van der Waals surface area contributed by atoms with E-state index in [0.29, 0.717) is 12.0 Å². The molecule has 310 valence electrons. The van der Waals surface area contributed by atoms with Gasteiger partial charge in [0.25, 0.3) is 5.82 Å². The Bertz CT molecular complexity index is 1250. The van der Waals surface area contributed by atoms with Crippen molar-refractivity contribution in [1.29, 1.82) is 0 Å². The maximum absolute atomic E-state index is 2.68. The highest BCUT2D eigenvalue weighted by Gasteiger charge is 2.23. The first-order valence-corrected chi connectivity index (χ1v) is 24.4. The highest BCUT2D eigenvalue weighted by atomic mass is 15.2. The van der Waals surface area contributed by atoms with E-state index in [1.807, 2.05) is 0 Å². The molecule has 0 saturated heterocycles. The van der Waals surface area contributed by atoms with Gasteiger partial charge in [0, 0.05) is 6.42 Å². The maximum atomic E-state index is 2.68. The molecule has 2 aromatic carbocycles. The topological polar surface area (TPSA) is 8.81 Å². The van der Waals surface area contributed by atoms with Crippen LogP contribution in [0.2, 0.25) is 0 Å². The van der Waals surface area contributed by atoms with E-state index in [9.17, 15) is 0 Å². The third kappa shape index (κ3) is 22.2. The van der Waals surface area contributed by atoms with Crippen molar-refractivity contribution in [2.75, 3.05) is 0 Å². The van der Waals surface area contributed by atoms with Gasteiger partial charge in [-0.2, -0.15) is 0 Å². The summed E-state index contributed by atoms with van der Waals surface area (Å²) in [5.74, 6) is 2.09. The van der Waals surface area contributed by atoms with Gasteiger partial charge in [-0.1, -0.05) is 235 Å². The summed E-state index contributed by atoms with van der Waals surface area (Å²) in [6.07, 6.45) is 49.5. The zero-order valence-corrected chi connectivity index (χ0v) is 36.8. The quantitative estimate of drug-likeness (QED) is 0.0409. The molecule has 0 radical (unpaired) electrons. The van der Waals surface area contributed by atoms with E-state index in [1.54, 1.807) is 5.82 Å². The molecule has 3 rings (SSSR count). The second-order valence-electron chi connectivity index (χ2n) is 17.5. The van der Waals surface area contributed by atoms with Crippen molar-refractivity contribution < 1.29 is 4.57 Å². The lowest BCUT2D eigenvalue weighted by molar-refractivity contribution is -0.704. The summed E-state index contributed by atoms with van der Waals surface area (Å²) in [4.78, 5) is 0. The van der Waals surface area contributed by atoms with Gasteiger partial charge in [-0.3, -0.25) is 0 Å². The molecular weight excluding hydrogens is 665 g/mol. The minimum Gasteiger partial charge on any atom is -0.234 e. The number of hydrogen-bond acceptors (Lipinski definition) is 0. The fraction of sp³-hybridized carbons (Fsp3) is 0.717. The van der Waals surface area contributed by atoms with Gasteiger partial charge in [0.15, 0.2) is 0 Å². The minimum absolute atomic E-state index is 0.530. The van der Waals surface area contributed by atoms with E-state index >= 15 is 0 Å². The van der Waals surface area contributed by atoms with E-state index in [2.05, 4.69) is 103 Å². The zero-order chi connectivity index (χ0) is 38.9. The standard InChI is InChI=1S/C53H89N2/c1-4-6-8-10-12-14-16-18-19-20-21-23-25-27-29-37-45-54-46-47-55(49(3)38-32-28-26-24-22-17-15-13-11-9-7-5-2)53(54)44-43-52(51-41-35-31-36-42-51)48-50-39-33-30-34-40-50/h30-31,33-36,39-42,46-47,49,52H,4-29,32,37-38,43-45,48H2,1-3H3/q+1. The molecule has 0 bridgehead atoms. The molecule has 2 nitrogen and oxygen atoms in total. The zero-order valence-electron chi connectivity index (χ0n) is 36.8. The Kier molecular flexibility index (Phi) is 28.0. The Morgan fingerprint density at radius 1 is 0.473 bits per heavy atom. The van der Waals surface area contributed by atoms with Crippen LogP contribution >= 0.6 is 0 Å². The molecule has 2 atom stereocenters. The van der Waals surface area contributed by atoms with Crippen molar-refractivity contribution >= 4 is 0 Å². The number of aryl methyl sites for hydroxylation is 1. The highest BCUT2D eigenvalue weighted by Crippen LogP contribution is 2.27. The molecular formula is C53H89N2+. The van der Waals surface area contributed by atoms with Crippen LogP contribution in [0.5, 0.6) is 0 Å². The molecule has 1 heterocycles. The largest absolute Gasteiger partial charge is 0.256 e. The minimum atomic E-state index is 0.530. The van der Waals surface area contributed by atoms with Crippen LogP contribution in [0.25, 0.3) is 0 Å². The first-order chi connectivity index (χ1) is 27.2. The fourth-order valence-electron chi connectivity index (χ4n) is 8.91. The number of unbranched alkanes of at least 4 members (excludes halogenated alkanes) is 26. The lowest BCUT2D eigenvalue weighted by Crippen LogP contribution is -2.38. The van der Waals surface area contributed by atoms with Gasteiger partial charge in [-0.15, -0.1) is 0 Å². The van der Waals surface area contributed by atoms with Crippen LogP contribution in [-0.4, -0.2) is 4.57 Å². The van der Waals surface area contributed by atoms with Crippen molar-refractivity contribution in [3.8, 4) is 0 Å². The van der Waals surface area contributed by atoms with Gasteiger partial charge in [0.05, 0.1) is 12.6 Å². The van der Waals surface area contributed by atoms with Crippen LogP contribution in [0.3, 0.4) is 0 Å². The monoisotopic (exact) mass is 754 g/mol. The average Bonchev–Trinajstić information content (AvgIpc) is 3.62. The summed E-state index contributed by atoms with van der Waals surface area (Å²) < 4.78 is 5.32.